The lowest BCUT2D eigenvalue weighted by Crippen LogP contribution is -2.40. The molecule has 0 spiro atoms. The van der Waals surface area contributed by atoms with Crippen LogP contribution in [0, 0.1) is 0 Å². The van der Waals surface area contributed by atoms with Crippen LogP contribution in [0.15, 0.2) is 24.3 Å². The van der Waals surface area contributed by atoms with Gasteiger partial charge in [0.1, 0.15) is 0 Å². The maximum atomic E-state index is 12.0. The number of urea groups is 1. The molecule has 2 rings (SSSR count). The molecule has 1 aromatic rings. The van der Waals surface area contributed by atoms with E-state index in [2.05, 4.69) is 5.32 Å². The summed E-state index contributed by atoms with van der Waals surface area (Å²) in [4.78, 5) is 24.4. The van der Waals surface area contributed by atoms with Crippen LogP contribution in [0.4, 0.5) is 10.5 Å². The summed E-state index contributed by atoms with van der Waals surface area (Å²) in [5, 5.41) is 11.6. The molecular formula is C13H16N2O3S. The first kappa shape index (κ1) is 13.7. The van der Waals surface area contributed by atoms with Gasteiger partial charge in [-0.15, -0.1) is 0 Å². The summed E-state index contributed by atoms with van der Waals surface area (Å²) >= 11 is 1.84. The van der Waals surface area contributed by atoms with Crippen LogP contribution in [0.3, 0.4) is 0 Å². The van der Waals surface area contributed by atoms with Gasteiger partial charge in [0.25, 0.3) is 0 Å². The highest BCUT2D eigenvalue weighted by atomic mass is 32.2. The molecule has 0 aromatic heterocycles. The molecule has 1 saturated heterocycles. The second-order valence-corrected chi connectivity index (χ2v) is 5.53. The lowest BCUT2D eigenvalue weighted by atomic mass is 10.1. The third-order valence-electron chi connectivity index (χ3n) is 2.83. The Balaban J connectivity index is 1.97. The molecule has 0 atom stereocenters. The van der Waals surface area contributed by atoms with Crippen molar-refractivity contribution < 1.29 is 14.7 Å². The van der Waals surface area contributed by atoms with Crippen molar-refractivity contribution in [3.63, 3.8) is 0 Å². The molecule has 1 aliphatic rings. The van der Waals surface area contributed by atoms with Gasteiger partial charge >= 0.3 is 12.0 Å². The number of amides is 2. The van der Waals surface area contributed by atoms with Crippen LogP contribution in [-0.2, 0) is 11.2 Å². The smallest absolute Gasteiger partial charge is 0.321 e. The summed E-state index contributed by atoms with van der Waals surface area (Å²) in [5.41, 5.74) is 1.32. The number of hydrogen-bond donors (Lipinski definition) is 2. The van der Waals surface area contributed by atoms with Crippen molar-refractivity contribution >= 4 is 29.4 Å². The molecule has 0 aliphatic carbocycles. The average molecular weight is 280 g/mol. The Morgan fingerprint density at radius 2 is 2.05 bits per heavy atom. The Morgan fingerprint density at radius 3 is 2.74 bits per heavy atom. The molecule has 6 heteroatoms. The number of thioether (sulfide) groups is 1. The zero-order valence-electron chi connectivity index (χ0n) is 10.5. The van der Waals surface area contributed by atoms with Gasteiger partial charge in [-0.2, -0.15) is 11.8 Å². The van der Waals surface area contributed by atoms with E-state index in [1.165, 1.54) is 0 Å². The number of carbonyl (C=O) groups is 2. The Kier molecular flexibility index (Phi) is 4.68. The number of carbonyl (C=O) groups excluding carboxylic acids is 1. The standard InChI is InChI=1S/C13H16N2O3S/c16-12(17)9-10-2-1-3-11(8-10)14-13(18)15-4-6-19-7-5-15/h1-3,8H,4-7,9H2,(H,14,18)(H,16,17). The summed E-state index contributed by atoms with van der Waals surface area (Å²) in [6.07, 6.45) is -0.0376. The van der Waals surface area contributed by atoms with Crippen molar-refractivity contribution in [2.45, 2.75) is 6.42 Å². The highest BCUT2D eigenvalue weighted by molar-refractivity contribution is 7.99. The summed E-state index contributed by atoms with van der Waals surface area (Å²) in [5.74, 6) is 1.05. The van der Waals surface area contributed by atoms with Gasteiger partial charge in [0.2, 0.25) is 0 Å². The molecule has 2 N–H and O–H groups in total. The van der Waals surface area contributed by atoms with Crippen LogP contribution < -0.4 is 5.32 Å². The molecule has 1 aliphatic heterocycles. The highest BCUT2D eigenvalue weighted by Gasteiger charge is 2.16. The first-order chi connectivity index (χ1) is 9.15. The summed E-state index contributed by atoms with van der Waals surface area (Å²) < 4.78 is 0. The minimum Gasteiger partial charge on any atom is -0.481 e. The lowest BCUT2D eigenvalue weighted by molar-refractivity contribution is -0.136. The maximum absolute atomic E-state index is 12.0. The van der Waals surface area contributed by atoms with Crippen molar-refractivity contribution in [1.82, 2.24) is 4.90 Å². The van der Waals surface area contributed by atoms with E-state index in [-0.39, 0.29) is 12.5 Å². The fourth-order valence-electron chi connectivity index (χ4n) is 1.90. The summed E-state index contributed by atoms with van der Waals surface area (Å²) in [7, 11) is 0. The second-order valence-electron chi connectivity index (χ2n) is 4.30. The Morgan fingerprint density at radius 1 is 1.32 bits per heavy atom. The quantitative estimate of drug-likeness (QED) is 0.887. The van der Waals surface area contributed by atoms with Crippen LogP contribution in [0.1, 0.15) is 5.56 Å². The number of aliphatic carboxylic acids is 1. The van der Waals surface area contributed by atoms with Crippen LogP contribution in [-0.4, -0.2) is 46.6 Å². The van der Waals surface area contributed by atoms with Gasteiger partial charge in [0.05, 0.1) is 6.42 Å². The maximum Gasteiger partial charge on any atom is 0.321 e. The third kappa shape index (κ3) is 4.17. The van der Waals surface area contributed by atoms with Gasteiger partial charge in [-0.25, -0.2) is 4.79 Å². The number of rotatable bonds is 3. The molecule has 0 bridgehead atoms. The topological polar surface area (TPSA) is 69.6 Å². The predicted octanol–water partition coefficient (Wildman–Crippen LogP) is 1.89. The lowest BCUT2D eigenvalue weighted by Gasteiger charge is -2.26. The SMILES string of the molecule is O=C(O)Cc1cccc(NC(=O)N2CCSCC2)c1. The Labute approximate surface area is 116 Å². The minimum atomic E-state index is -0.878. The zero-order valence-corrected chi connectivity index (χ0v) is 11.3. The number of nitrogens with zero attached hydrogens (tertiary/aromatic N) is 1. The molecular weight excluding hydrogens is 264 g/mol. The Bertz CT molecular complexity index is 473. The van der Waals surface area contributed by atoms with Gasteiger partial charge < -0.3 is 15.3 Å². The Hall–Kier alpha value is -1.69. The van der Waals surface area contributed by atoms with Crippen LogP contribution in [0.5, 0.6) is 0 Å². The van der Waals surface area contributed by atoms with Gasteiger partial charge in [-0.1, -0.05) is 12.1 Å². The van der Waals surface area contributed by atoms with E-state index in [4.69, 9.17) is 5.11 Å². The molecule has 0 radical (unpaired) electrons. The van der Waals surface area contributed by atoms with Crippen molar-refractivity contribution in [2.24, 2.45) is 0 Å². The highest BCUT2D eigenvalue weighted by Crippen LogP contribution is 2.14. The number of carboxylic acid groups (broad SMARTS) is 1. The monoisotopic (exact) mass is 280 g/mol. The second kappa shape index (κ2) is 6.47. The van der Waals surface area contributed by atoms with E-state index in [0.29, 0.717) is 11.3 Å². The van der Waals surface area contributed by atoms with E-state index in [1.807, 2.05) is 11.8 Å². The molecule has 0 unspecified atom stereocenters. The number of carboxylic acids is 1. The van der Waals surface area contributed by atoms with E-state index < -0.39 is 5.97 Å². The first-order valence-electron chi connectivity index (χ1n) is 6.09. The zero-order chi connectivity index (χ0) is 13.7. The van der Waals surface area contributed by atoms with Crippen LogP contribution >= 0.6 is 11.8 Å². The summed E-state index contributed by atoms with van der Waals surface area (Å²) in [6, 6.07) is 6.83. The van der Waals surface area contributed by atoms with Crippen molar-refractivity contribution in [1.29, 1.82) is 0 Å². The molecule has 0 saturated carbocycles. The molecule has 2 amide bonds. The molecule has 5 nitrogen and oxygen atoms in total. The summed E-state index contributed by atoms with van der Waals surface area (Å²) in [6.45, 7) is 1.51. The van der Waals surface area contributed by atoms with Gasteiger partial charge in [0.15, 0.2) is 0 Å². The molecule has 1 fully saturated rings. The average Bonchev–Trinajstić information content (AvgIpc) is 2.39. The van der Waals surface area contributed by atoms with Crippen molar-refractivity contribution in [2.75, 3.05) is 29.9 Å². The number of benzene rings is 1. The van der Waals surface area contributed by atoms with Gasteiger partial charge in [-0.05, 0) is 17.7 Å². The number of nitrogens with one attached hydrogen (secondary N) is 1. The van der Waals surface area contributed by atoms with Gasteiger partial charge in [0, 0.05) is 30.3 Å². The third-order valence-corrected chi connectivity index (χ3v) is 3.77. The molecule has 1 heterocycles. The normalized spacial score (nSPS) is 15.1. The van der Waals surface area contributed by atoms with E-state index in [9.17, 15) is 9.59 Å². The number of anilines is 1. The van der Waals surface area contributed by atoms with Gasteiger partial charge in [-0.3, -0.25) is 4.79 Å². The van der Waals surface area contributed by atoms with Crippen molar-refractivity contribution in [3.8, 4) is 0 Å². The first-order valence-corrected chi connectivity index (χ1v) is 7.25. The largest absolute Gasteiger partial charge is 0.481 e. The van der Waals surface area contributed by atoms with Crippen LogP contribution in [0.25, 0.3) is 0 Å². The number of hydrogen-bond acceptors (Lipinski definition) is 3. The fraction of sp³-hybridized carbons (Fsp3) is 0.385. The van der Waals surface area contributed by atoms with E-state index >= 15 is 0 Å². The van der Waals surface area contributed by atoms with Crippen LogP contribution in [0.2, 0.25) is 0 Å². The fourth-order valence-corrected chi connectivity index (χ4v) is 2.81. The minimum absolute atomic E-state index is 0.0376. The van der Waals surface area contributed by atoms with E-state index in [1.54, 1.807) is 29.2 Å². The van der Waals surface area contributed by atoms with Crippen molar-refractivity contribution in [3.05, 3.63) is 29.8 Å². The molecule has 1 aromatic carbocycles. The molecule has 19 heavy (non-hydrogen) atoms. The van der Waals surface area contributed by atoms with E-state index in [0.717, 1.165) is 24.6 Å². The molecule has 102 valence electrons. The predicted molar refractivity (Wildman–Crippen MR) is 75.7 cm³/mol.